The molecule has 1 fully saturated rings. The standard InChI is InChI=1S/C19H28N2O3/c1-4-24-18-10-6-5-9-17(18)21(16(3)22)13-11-19(23)20-12-7-8-15(2)14-20/h5-6,9-10,15H,4,7-8,11-14H2,1-3H3. The first-order valence-electron chi connectivity index (χ1n) is 8.80. The summed E-state index contributed by atoms with van der Waals surface area (Å²) in [6.07, 6.45) is 2.59. The molecule has 2 amide bonds. The van der Waals surface area contributed by atoms with Crippen LogP contribution in [-0.2, 0) is 9.59 Å². The summed E-state index contributed by atoms with van der Waals surface area (Å²) in [5.74, 6) is 1.28. The van der Waals surface area contributed by atoms with Gasteiger partial charge in [0.1, 0.15) is 5.75 Å². The number of para-hydroxylation sites is 2. The Bertz CT molecular complexity index is 573. The fraction of sp³-hybridized carbons (Fsp3) is 0.579. The number of carbonyl (C=O) groups is 2. The molecular formula is C19H28N2O3. The Balaban J connectivity index is 2.04. The van der Waals surface area contributed by atoms with Gasteiger partial charge in [-0.3, -0.25) is 9.59 Å². The van der Waals surface area contributed by atoms with Gasteiger partial charge in [0.2, 0.25) is 11.8 Å². The number of rotatable bonds is 6. The molecule has 1 saturated heterocycles. The highest BCUT2D eigenvalue weighted by atomic mass is 16.5. The van der Waals surface area contributed by atoms with E-state index < -0.39 is 0 Å². The van der Waals surface area contributed by atoms with Gasteiger partial charge in [-0.1, -0.05) is 19.1 Å². The predicted octanol–water partition coefficient (Wildman–Crippen LogP) is 3.09. The van der Waals surface area contributed by atoms with Gasteiger partial charge in [-0.2, -0.15) is 0 Å². The zero-order chi connectivity index (χ0) is 17.5. The number of anilines is 1. The van der Waals surface area contributed by atoms with Crippen LogP contribution >= 0.6 is 0 Å². The van der Waals surface area contributed by atoms with Crippen molar-refractivity contribution in [3.8, 4) is 5.75 Å². The zero-order valence-corrected chi connectivity index (χ0v) is 15.0. The summed E-state index contributed by atoms with van der Waals surface area (Å²) in [5.41, 5.74) is 0.728. The second-order valence-corrected chi connectivity index (χ2v) is 6.41. The van der Waals surface area contributed by atoms with E-state index in [2.05, 4.69) is 6.92 Å². The predicted molar refractivity (Wildman–Crippen MR) is 95.2 cm³/mol. The molecule has 1 aliphatic rings. The third kappa shape index (κ3) is 4.73. The third-order valence-corrected chi connectivity index (χ3v) is 4.39. The van der Waals surface area contributed by atoms with Gasteiger partial charge in [0.05, 0.1) is 12.3 Å². The Kier molecular flexibility index (Phi) is 6.64. The zero-order valence-electron chi connectivity index (χ0n) is 15.0. The van der Waals surface area contributed by atoms with E-state index in [1.165, 1.54) is 13.3 Å². The maximum Gasteiger partial charge on any atom is 0.224 e. The van der Waals surface area contributed by atoms with Crippen molar-refractivity contribution in [2.75, 3.05) is 31.1 Å². The van der Waals surface area contributed by atoms with Crippen molar-refractivity contribution in [1.82, 2.24) is 4.90 Å². The highest BCUT2D eigenvalue weighted by molar-refractivity contribution is 5.93. The summed E-state index contributed by atoms with van der Waals surface area (Å²) >= 11 is 0. The second kappa shape index (κ2) is 8.71. The molecule has 0 bridgehead atoms. The van der Waals surface area contributed by atoms with Crippen molar-refractivity contribution in [2.45, 2.75) is 40.0 Å². The highest BCUT2D eigenvalue weighted by Gasteiger charge is 2.23. The minimum Gasteiger partial charge on any atom is -0.492 e. The van der Waals surface area contributed by atoms with E-state index in [-0.39, 0.29) is 11.8 Å². The first-order chi connectivity index (χ1) is 11.5. The summed E-state index contributed by atoms with van der Waals surface area (Å²) in [7, 11) is 0. The molecule has 1 heterocycles. The van der Waals surface area contributed by atoms with Crippen LogP contribution in [0.2, 0.25) is 0 Å². The van der Waals surface area contributed by atoms with Gasteiger partial charge in [0, 0.05) is 33.0 Å². The lowest BCUT2D eigenvalue weighted by molar-refractivity contribution is -0.132. The van der Waals surface area contributed by atoms with Crippen LogP contribution in [0.4, 0.5) is 5.69 Å². The minimum atomic E-state index is -0.0815. The third-order valence-electron chi connectivity index (χ3n) is 4.39. The Morgan fingerprint density at radius 3 is 2.75 bits per heavy atom. The number of nitrogens with zero attached hydrogens (tertiary/aromatic N) is 2. The van der Waals surface area contributed by atoms with E-state index >= 15 is 0 Å². The summed E-state index contributed by atoms with van der Waals surface area (Å²) in [5, 5.41) is 0. The normalized spacial score (nSPS) is 17.5. The van der Waals surface area contributed by atoms with Crippen molar-refractivity contribution in [3.05, 3.63) is 24.3 Å². The quantitative estimate of drug-likeness (QED) is 0.804. The number of ether oxygens (including phenoxy) is 1. The van der Waals surface area contributed by atoms with Crippen LogP contribution < -0.4 is 9.64 Å². The van der Waals surface area contributed by atoms with E-state index in [1.807, 2.05) is 36.1 Å². The van der Waals surface area contributed by atoms with Crippen LogP contribution in [0, 0.1) is 5.92 Å². The first kappa shape index (κ1) is 18.3. The lowest BCUT2D eigenvalue weighted by Gasteiger charge is -2.32. The lowest BCUT2D eigenvalue weighted by atomic mass is 10.00. The van der Waals surface area contributed by atoms with Crippen molar-refractivity contribution >= 4 is 17.5 Å². The Morgan fingerprint density at radius 2 is 2.08 bits per heavy atom. The van der Waals surface area contributed by atoms with Gasteiger partial charge in [0.25, 0.3) is 0 Å². The van der Waals surface area contributed by atoms with Crippen molar-refractivity contribution in [1.29, 1.82) is 0 Å². The van der Waals surface area contributed by atoms with Gasteiger partial charge in [-0.15, -0.1) is 0 Å². The van der Waals surface area contributed by atoms with Gasteiger partial charge in [-0.25, -0.2) is 0 Å². The van der Waals surface area contributed by atoms with Crippen LogP contribution in [0.5, 0.6) is 5.75 Å². The number of benzene rings is 1. The number of likely N-dealkylation sites (tertiary alicyclic amines) is 1. The molecule has 2 rings (SSSR count). The molecule has 0 radical (unpaired) electrons. The minimum absolute atomic E-state index is 0.0815. The molecule has 0 spiro atoms. The average molecular weight is 332 g/mol. The number of piperidine rings is 1. The molecule has 132 valence electrons. The highest BCUT2D eigenvalue weighted by Crippen LogP contribution is 2.28. The first-order valence-corrected chi connectivity index (χ1v) is 8.80. The van der Waals surface area contributed by atoms with E-state index in [9.17, 15) is 9.59 Å². The van der Waals surface area contributed by atoms with E-state index in [0.717, 1.165) is 25.2 Å². The van der Waals surface area contributed by atoms with Gasteiger partial charge >= 0.3 is 0 Å². The largest absolute Gasteiger partial charge is 0.492 e. The number of hydrogen-bond donors (Lipinski definition) is 0. The van der Waals surface area contributed by atoms with Crippen LogP contribution in [-0.4, -0.2) is 43.0 Å². The molecule has 0 aliphatic carbocycles. The smallest absolute Gasteiger partial charge is 0.224 e. The maximum atomic E-state index is 12.5. The Morgan fingerprint density at radius 1 is 1.33 bits per heavy atom. The van der Waals surface area contributed by atoms with E-state index in [1.54, 1.807) is 4.90 Å². The fourth-order valence-electron chi connectivity index (χ4n) is 3.19. The van der Waals surface area contributed by atoms with E-state index in [4.69, 9.17) is 4.74 Å². The molecule has 5 nitrogen and oxygen atoms in total. The summed E-state index contributed by atoms with van der Waals surface area (Å²) in [6, 6.07) is 7.47. The van der Waals surface area contributed by atoms with Gasteiger partial charge < -0.3 is 14.5 Å². The van der Waals surface area contributed by atoms with Crippen molar-refractivity contribution in [2.24, 2.45) is 5.92 Å². The number of amides is 2. The molecule has 1 unspecified atom stereocenters. The molecular weight excluding hydrogens is 304 g/mol. The number of carbonyl (C=O) groups excluding carboxylic acids is 2. The molecule has 1 aromatic rings. The molecule has 0 saturated carbocycles. The monoisotopic (exact) mass is 332 g/mol. The topological polar surface area (TPSA) is 49.9 Å². The van der Waals surface area contributed by atoms with Crippen molar-refractivity contribution in [3.63, 3.8) is 0 Å². The molecule has 0 N–H and O–H groups in total. The Labute approximate surface area is 144 Å². The summed E-state index contributed by atoms with van der Waals surface area (Å²) in [6.45, 7) is 8.19. The maximum absolute atomic E-state index is 12.5. The summed E-state index contributed by atoms with van der Waals surface area (Å²) < 4.78 is 5.62. The van der Waals surface area contributed by atoms with Crippen LogP contribution in [0.3, 0.4) is 0 Å². The van der Waals surface area contributed by atoms with Crippen LogP contribution in [0.25, 0.3) is 0 Å². The molecule has 24 heavy (non-hydrogen) atoms. The summed E-state index contributed by atoms with van der Waals surface area (Å²) in [4.78, 5) is 28.1. The molecule has 1 aliphatic heterocycles. The molecule has 0 aromatic heterocycles. The number of hydrogen-bond acceptors (Lipinski definition) is 3. The molecule has 5 heteroatoms. The molecule has 1 aromatic carbocycles. The van der Waals surface area contributed by atoms with Crippen LogP contribution in [0.15, 0.2) is 24.3 Å². The average Bonchev–Trinajstić information content (AvgIpc) is 2.56. The lowest BCUT2D eigenvalue weighted by Crippen LogP contribution is -2.41. The fourth-order valence-corrected chi connectivity index (χ4v) is 3.19. The molecule has 1 atom stereocenters. The van der Waals surface area contributed by atoms with Crippen LogP contribution in [0.1, 0.15) is 40.0 Å². The second-order valence-electron chi connectivity index (χ2n) is 6.41. The van der Waals surface area contributed by atoms with Crippen molar-refractivity contribution < 1.29 is 14.3 Å². The Hall–Kier alpha value is -2.04. The van der Waals surface area contributed by atoms with Gasteiger partial charge in [0.15, 0.2) is 0 Å². The van der Waals surface area contributed by atoms with Gasteiger partial charge in [-0.05, 0) is 37.8 Å². The van der Waals surface area contributed by atoms with E-state index in [0.29, 0.717) is 31.2 Å². The SMILES string of the molecule is CCOc1ccccc1N(CCC(=O)N1CCCC(C)C1)C(C)=O.